The minimum atomic E-state index is -1.25. The number of rotatable bonds is 7. The molecule has 1 spiro atoms. The quantitative estimate of drug-likeness (QED) is 0.512. The first-order valence-corrected chi connectivity index (χ1v) is 13.4. The number of carbonyl (C=O) groups is 3. The van der Waals surface area contributed by atoms with Crippen molar-refractivity contribution in [1.29, 1.82) is 0 Å². The maximum atomic E-state index is 14.1. The summed E-state index contributed by atoms with van der Waals surface area (Å²) in [6.07, 6.45) is 3.65. The van der Waals surface area contributed by atoms with Crippen LogP contribution in [0.25, 0.3) is 0 Å². The summed E-state index contributed by atoms with van der Waals surface area (Å²) in [6.45, 7) is 7.95. The van der Waals surface area contributed by atoms with Gasteiger partial charge >= 0.3 is 0 Å². The van der Waals surface area contributed by atoms with Crippen molar-refractivity contribution >= 4 is 29.3 Å². The average molecular weight is 552 g/mol. The van der Waals surface area contributed by atoms with Crippen molar-refractivity contribution in [3.8, 4) is 5.75 Å². The number of halogens is 1. The van der Waals surface area contributed by atoms with Crippen LogP contribution in [0.2, 0.25) is 5.02 Å². The van der Waals surface area contributed by atoms with Gasteiger partial charge in [0.15, 0.2) is 0 Å². The SMILES string of the molecule is COc1ccc(CNC(=O)[C@H]2[C@H]3C(=O)N(Cc4ccc(Cl)cc4)[C@H](C(=O)NC(C)(C)C)[C@]34C=C[C@]2(C)O4)cc1. The summed E-state index contributed by atoms with van der Waals surface area (Å²) < 4.78 is 11.8. The highest BCUT2D eigenvalue weighted by Gasteiger charge is 2.76. The molecular formula is C30H34ClN3O5. The number of hydrogen-bond acceptors (Lipinski definition) is 5. The topological polar surface area (TPSA) is 97.0 Å². The van der Waals surface area contributed by atoms with Crippen LogP contribution in [0.1, 0.15) is 38.8 Å². The summed E-state index contributed by atoms with van der Waals surface area (Å²) in [6, 6.07) is 13.6. The van der Waals surface area contributed by atoms with Gasteiger partial charge in [0.2, 0.25) is 17.7 Å². The van der Waals surface area contributed by atoms with E-state index in [0.29, 0.717) is 5.02 Å². The van der Waals surface area contributed by atoms with E-state index < -0.39 is 34.6 Å². The first-order chi connectivity index (χ1) is 18.4. The minimum Gasteiger partial charge on any atom is -0.497 e. The first-order valence-electron chi connectivity index (χ1n) is 13.0. The van der Waals surface area contributed by atoms with Crippen LogP contribution in [0.5, 0.6) is 5.75 Å². The van der Waals surface area contributed by atoms with E-state index in [0.717, 1.165) is 16.9 Å². The van der Waals surface area contributed by atoms with Crippen molar-refractivity contribution in [3.05, 3.63) is 76.8 Å². The Kier molecular flexibility index (Phi) is 6.75. The van der Waals surface area contributed by atoms with Gasteiger partial charge in [-0.05, 0) is 63.1 Å². The van der Waals surface area contributed by atoms with E-state index in [4.69, 9.17) is 21.1 Å². The van der Waals surface area contributed by atoms with Gasteiger partial charge in [0, 0.05) is 23.7 Å². The number of hydrogen-bond donors (Lipinski definition) is 2. The fourth-order valence-corrected chi connectivity index (χ4v) is 6.19. The molecule has 3 heterocycles. The maximum Gasteiger partial charge on any atom is 0.246 e. The van der Waals surface area contributed by atoms with Crippen LogP contribution in [0.4, 0.5) is 0 Å². The van der Waals surface area contributed by atoms with E-state index in [1.165, 1.54) is 0 Å². The normalized spacial score (nSPS) is 28.9. The molecule has 0 radical (unpaired) electrons. The van der Waals surface area contributed by atoms with E-state index in [2.05, 4.69) is 10.6 Å². The molecular weight excluding hydrogens is 518 g/mol. The van der Waals surface area contributed by atoms with E-state index in [1.54, 1.807) is 24.1 Å². The zero-order valence-electron chi connectivity index (χ0n) is 22.8. The van der Waals surface area contributed by atoms with Crippen molar-refractivity contribution in [2.45, 2.75) is 63.6 Å². The van der Waals surface area contributed by atoms with Crippen LogP contribution in [-0.4, -0.2) is 52.5 Å². The van der Waals surface area contributed by atoms with Gasteiger partial charge in [-0.15, -0.1) is 0 Å². The number of nitrogens with one attached hydrogen (secondary N) is 2. The molecule has 39 heavy (non-hydrogen) atoms. The molecule has 2 fully saturated rings. The Bertz CT molecular complexity index is 1320. The van der Waals surface area contributed by atoms with Crippen LogP contribution in [0.3, 0.4) is 0 Å². The molecule has 0 unspecified atom stereocenters. The highest BCUT2D eigenvalue weighted by atomic mass is 35.5. The average Bonchev–Trinajstić information content (AvgIpc) is 3.44. The van der Waals surface area contributed by atoms with Crippen LogP contribution in [0.15, 0.2) is 60.7 Å². The van der Waals surface area contributed by atoms with Gasteiger partial charge in [-0.1, -0.05) is 48.0 Å². The van der Waals surface area contributed by atoms with Gasteiger partial charge in [-0.25, -0.2) is 0 Å². The minimum absolute atomic E-state index is 0.185. The molecule has 5 atom stereocenters. The van der Waals surface area contributed by atoms with Gasteiger partial charge in [0.05, 0.1) is 24.5 Å². The second-order valence-corrected chi connectivity index (χ2v) is 12.2. The molecule has 5 rings (SSSR count). The van der Waals surface area contributed by atoms with Crippen molar-refractivity contribution < 1.29 is 23.9 Å². The highest BCUT2D eigenvalue weighted by Crippen LogP contribution is 2.59. The standard InChI is InChI=1S/C30H34ClN3O5/c1-28(2,3)33-26(36)24-30-15-14-29(4,39-30)22(25(35)32-16-18-8-12-21(38-5)13-9-18)23(30)27(37)34(24)17-19-6-10-20(31)11-7-19/h6-15,22-24H,16-17H2,1-5H3,(H,32,35)(H,33,36)/t22-,23+,24-,29+,30+/m1/s1. The van der Waals surface area contributed by atoms with E-state index in [1.807, 2.05) is 76.2 Å². The molecule has 206 valence electrons. The lowest BCUT2D eigenvalue weighted by Crippen LogP contribution is -2.57. The number of likely N-dealkylation sites (tertiary alicyclic amines) is 1. The second kappa shape index (κ2) is 9.68. The Morgan fingerprint density at radius 2 is 1.67 bits per heavy atom. The lowest BCUT2D eigenvalue weighted by atomic mass is 9.70. The lowest BCUT2D eigenvalue weighted by molar-refractivity contribution is -0.146. The molecule has 2 aromatic rings. The van der Waals surface area contributed by atoms with Crippen molar-refractivity contribution in [3.63, 3.8) is 0 Å². The lowest BCUT2D eigenvalue weighted by Gasteiger charge is -2.35. The zero-order valence-corrected chi connectivity index (χ0v) is 23.5. The number of methoxy groups -OCH3 is 1. The Morgan fingerprint density at radius 1 is 1.03 bits per heavy atom. The van der Waals surface area contributed by atoms with Gasteiger partial charge in [-0.2, -0.15) is 0 Å². The molecule has 3 aliphatic rings. The summed E-state index contributed by atoms with van der Waals surface area (Å²) in [5.41, 5.74) is -1.08. The third-order valence-corrected chi connectivity index (χ3v) is 7.97. The van der Waals surface area contributed by atoms with Crippen molar-refractivity contribution in [2.24, 2.45) is 11.8 Å². The molecule has 0 aliphatic carbocycles. The number of nitrogens with zero attached hydrogens (tertiary/aromatic N) is 1. The zero-order chi connectivity index (χ0) is 28.2. The molecule has 2 saturated heterocycles. The molecule has 8 nitrogen and oxygen atoms in total. The van der Waals surface area contributed by atoms with Gasteiger partial charge in [0.1, 0.15) is 17.4 Å². The van der Waals surface area contributed by atoms with E-state index in [9.17, 15) is 14.4 Å². The number of fused-ring (bicyclic) bond motifs is 1. The molecule has 0 aromatic heterocycles. The summed E-state index contributed by atoms with van der Waals surface area (Å²) in [7, 11) is 1.60. The molecule has 2 bridgehead atoms. The fourth-order valence-electron chi connectivity index (χ4n) is 6.07. The highest BCUT2D eigenvalue weighted by molar-refractivity contribution is 6.30. The summed E-state index contributed by atoms with van der Waals surface area (Å²) in [4.78, 5) is 43.2. The Hall–Kier alpha value is -3.36. The third kappa shape index (κ3) is 4.80. The Labute approximate surface area is 233 Å². The molecule has 2 N–H and O–H groups in total. The molecule has 9 heteroatoms. The third-order valence-electron chi connectivity index (χ3n) is 7.72. The van der Waals surface area contributed by atoms with Crippen LogP contribution in [-0.2, 0) is 32.2 Å². The van der Waals surface area contributed by atoms with Crippen LogP contribution >= 0.6 is 11.6 Å². The van der Waals surface area contributed by atoms with Crippen LogP contribution in [0, 0.1) is 11.8 Å². The van der Waals surface area contributed by atoms with Crippen molar-refractivity contribution in [1.82, 2.24) is 15.5 Å². The van der Waals surface area contributed by atoms with Gasteiger partial charge in [-0.3, -0.25) is 14.4 Å². The number of benzene rings is 2. The number of carbonyl (C=O) groups excluding carboxylic acids is 3. The second-order valence-electron chi connectivity index (χ2n) is 11.7. The largest absolute Gasteiger partial charge is 0.497 e. The predicted molar refractivity (Wildman–Crippen MR) is 147 cm³/mol. The van der Waals surface area contributed by atoms with E-state index >= 15 is 0 Å². The smallest absolute Gasteiger partial charge is 0.246 e. The predicted octanol–water partition coefficient (Wildman–Crippen LogP) is 3.62. The van der Waals surface area contributed by atoms with Crippen molar-refractivity contribution in [2.75, 3.05) is 7.11 Å². The van der Waals surface area contributed by atoms with E-state index in [-0.39, 0.29) is 30.8 Å². The van der Waals surface area contributed by atoms with Gasteiger partial charge < -0.3 is 25.0 Å². The summed E-state index contributed by atoms with van der Waals surface area (Å²) >= 11 is 6.07. The Balaban J connectivity index is 1.46. The molecule has 3 aliphatic heterocycles. The molecule has 3 amide bonds. The molecule has 2 aromatic carbocycles. The molecule has 0 saturated carbocycles. The fraction of sp³-hybridized carbons (Fsp3) is 0.433. The monoisotopic (exact) mass is 551 g/mol. The number of ether oxygens (including phenoxy) is 2. The van der Waals surface area contributed by atoms with Gasteiger partial charge in [0.25, 0.3) is 0 Å². The Morgan fingerprint density at radius 3 is 2.28 bits per heavy atom. The number of amides is 3. The summed E-state index contributed by atoms with van der Waals surface area (Å²) in [5.74, 6) is -1.80. The summed E-state index contributed by atoms with van der Waals surface area (Å²) in [5, 5.41) is 6.60. The first kappa shape index (κ1) is 27.2. The van der Waals surface area contributed by atoms with Crippen LogP contribution < -0.4 is 15.4 Å². The maximum absolute atomic E-state index is 14.1.